The Bertz CT molecular complexity index is 1520. The Morgan fingerprint density at radius 1 is 0.941 bits per heavy atom. The van der Waals surface area contributed by atoms with E-state index in [2.05, 4.69) is 27.5 Å². The second-order valence-electron chi connectivity index (χ2n) is 8.71. The van der Waals surface area contributed by atoms with Gasteiger partial charge in [-0.2, -0.15) is 5.10 Å². The molecule has 0 radical (unpaired) electrons. The van der Waals surface area contributed by atoms with Crippen LogP contribution in [0, 0.1) is 0 Å². The van der Waals surface area contributed by atoms with Crippen LogP contribution in [0.15, 0.2) is 60.7 Å². The molecule has 5 aromatic rings. The van der Waals surface area contributed by atoms with E-state index < -0.39 is 0 Å². The Kier molecular flexibility index (Phi) is 4.60. The summed E-state index contributed by atoms with van der Waals surface area (Å²) in [5, 5.41) is 19.0. The fourth-order valence-electron chi connectivity index (χ4n) is 4.61. The lowest BCUT2D eigenvalue weighted by Crippen LogP contribution is -1.99. The van der Waals surface area contributed by atoms with Crippen LogP contribution >= 0.6 is 0 Å². The van der Waals surface area contributed by atoms with E-state index in [1.165, 1.54) is 11.1 Å². The number of nitrogens with zero attached hydrogens (tertiary/aromatic N) is 3. The number of aromatic hydroxyl groups is 1. The number of aromatic amines is 1. The minimum atomic E-state index is 0.0499. The smallest absolute Gasteiger partial charge is 0.173 e. The molecule has 0 saturated carbocycles. The SMILES string of the molecule is CC(=O)c1ccc(-c2ccc(-c3nn(C)c(-c4nc5cc6c(cc5[nH]4)CNC6)c3O)cc2)cc1. The molecule has 3 aromatic carbocycles. The van der Waals surface area contributed by atoms with Crippen molar-refractivity contribution < 1.29 is 9.90 Å². The number of imidazole rings is 1. The maximum absolute atomic E-state index is 11.5. The van der Waals surface area contributed by atoms with E-state index in [1.807, 2.05) is 48.5 Å². The summed E-state index contributed by atoms with van der Waals surface area (Å²) in [5.41, 5.74) is 8.95. The largest absolute Gasteiger partial charge is 0.504 e. The predicted octanol–water partition coefficient (Wildman–Crippen LogP) is 4.81. The van der Waals surface area contributed by atoms with Gasteiger partial charge in [0.05, 0.1) is 11.0 Å². The van der Waals surface area contributed by atoms with Gasteiger partial charge in [-0.15, -0.1) is 0 Å². The summed E-state index contributed by atoms with van der Waals surface area (Å²) in [6, 6.07) is 19.6. The second kappa shape index (κ2) is 7.67. The third kappa shape index (κ3) is 3.29. The summed E-state index contributed by atoms with van der Waals surface area (Å²) < 4.78 is 1.66. The molecular formula is C27H23N5O2. The van der Waals surface area contributed by atoms with Gasteiger partial charge in [-0.1, -0.05) is 48.5 Å². The lowest BCUT2D eigenvalue weighted by atomic mass is 10.0. The average Bonchev–Trinajstić information content (AvgIpc) is 3.53. The van der Waals surface area contributed by atoms with Gasteiger partial charge in [0, 0.05) is 31.3 Å². The van der Waals surface area contributed by atoms with E-state index in [9.17, 15) is 9.90 Å². The highest BCUT2D eigenvalue weighted by molar-refractivity contribution is 5.94. The average molecular weight is 450 g/mol. The first-order valence-electron chi connectivity index (χ1n) is 11.2. The number of ketones is 1. The number of Topliss-reactive ketones (excluding diaryl/α,β-unsaturated/α-hetero) is 1. The highest BCUT2D eigenvalue weighted by Gasteiger charge is 2.22. The van der Waals surface area contributed by atoms with Crippen molar-refractivity contribution in [2.75, 3.05) is 0 Å². The number of rotatable bonds is 4. The Morgan fingerprint density at radius 2 is 1.56 bits per heavy atom. The maximum Gasteiger partial charge on any atom is 0.173 e. The summed E-state index contributed by atoms with van der Waals surface area (Å²) in [4.78, 5) is 19.6. The molecule has 6 rings (SSSR count). The fraction of sp³-hybridized carbons (Fsp3) is 0.148. The van der Waals surface area contributed by atoms with E-state index in [0.717, 1.165) is 40.8 Å². The summed E-state index contributed by atoms with van der Waals surface area (Å²) in [6.45, 7) is 3.27. The van der Waals surface area contributed by atoms with Crippen LogP contribution in [-0.2, 0) is 20.1 Å². The molecule has 7 heteroatoms. The first-order chi connectivity index (χ1) is 16.5. The molecule has 168 valence electrons. The lowest BCUT2D eigenvalue weighted by Gasteiger charge is -2.04. The predicted molar refractivity (Wildman–Crippen MR) is 131 cm³/mol. The molecule has 0 saturated heterocycles. The Labute approximate surface area is 196 Å². The minimum Gasteiger partial charge on any atom is -0.504 e. The number of fused-ring (bicyclic) bond motifs is 2. The summed E-state index contributed by atoms with van der Waals surface area (Å²) in [7, 11) is 1.81. The van der Waals surface area contributed by atoms with E-state index in [0.29, 0.717) is 22.8 Å². The van der Waals surface area contributed by atoms with Crippen LogP contribution in [0.4, 0.5) is 0 Å². The topological polar surface area (TPSA) is 95.8 Å². The number of carbonyl (C=O) groups excluding carboxylic acids is 1. The fourth-order valence-corrected chi connectivity index (χ4v) is 4.61. The van der Waals surface area contributed by atoms with Crippen LogP contribution in [0.5, 0.6) is 5.75 Å². The summed E-state index contributed by atoms with van der Waals surface area (Å²) in [5.74, 6) is 0.732. The van der Waals surface area contributed by atoms with Crippen LogP contribution < -0.4 is 5.32 Å². The lowest BCUT2D eigenvalue weighted by molar-refractivity contribution is 0.101. The first kappa shape index (κ1) is 20.4. The molecule has 0 fully saturated rings. The Morgan fingerprint density at radius 3 is 2.24 bits per heavy atom. The molecule has 0 amide bonds. The third-order valence-electron chi connectivity index (χ3n) is 6.46. The first-order valence-corrected chi connectivity index (χ1v) is 11.2. The molecule has 3 heterocycles. The van der Waals surface area contributed by atoms with Crippen LogP contribution in [0.3, 0.4) is 0 Å². The number of aromatic nitrogens is 4. The molecule has 7 nitrogen and oxygen atoms in total. The van der Waals surface area contributed by atoms with Gasteiger partial charge in [0.2, 0.25) is 0 Å². The van der Waals surface area contributed by atoms with Crippen LogP contribution in [-0.4, -0.2) is 30.6 Å². The maximum atomic E-state index is 11.5. The van der Waals surface area contributed by atoms with E-state index >= 15 is 0 Å². The molecule has 34 heavy (non-hydrogen) atoms. The van der Waals surface area contributed by atoms with Gasteiger partial charge in [-0.25, -0.2) is 4.98 Å². The molecule has 0 bridgehead atoms. The molecule has 0 spiro atoms. The standard InChI is InChI=1S/C27H23N5O2/c1-15(33)16-3-5-17(6-4-16)18-7-9-19(10-8-18)24-26(34)25(32(2)31-24)27-29-22-11-20-13-28-14-21(20)12-23(22)30-27/h3-12,28,34H,13-14H2,1-2H3,(H,29,30). The van der Waals surface area contributed by atoms with Gasteiger partial charge in [0.25, 0.3) is 0 Å². The zero-order chi connectivity index (χ0) is 23.4. The van der Waals surface area contributed by atoms with Crippen molar-refractivity contribution in [1.29, 1.82) is 0 Å². The van der Waals surface area contributed by atoms with Gasteiger partial charge in [0.15, 0.2) is 17.4 Å². The molecule has 1 aliphatic rings. The van der Waals surface area contributed by atoms with Gasteiger partial charge in [-0.3, -0.25) is 9.48 Å². The highest BCUT2D eigenvalue weighted by atomic mass is 16.3. The molecule has 2 aromatic heterocycles. The van der Waals surface area contributed by atoms with Gasteiger partial charge in [0.1, 0.15) is 11.4 Å². The molecular weight excluding hydrogens is 426 g/mol. The Balaban J connectivity index is 1.34. The molecule has 0 aliphatic carbocycles. The van der Waals surface area contributed by atoms with Crippen molar-refractivity contribution in [1.82, 2.24) is 25.1 Å². The number of hydrogen-bond donors (Lipinski definition) is 3. The zero-order valence-corrected chi connectivity index (χ0v) is 18.9. The third-order valence-corrected chi connectivity index (χ3v) is 6.46. The summed E-state index contributed by atoms with van der Waals surface area (Å²) >= 11 is 0. The van der Waals surface area contributed by atoms with Crippen molar-refractivity contribution in [2.24, 2.45) is 7.05 Å². The number of nitrogens with one attached hydrogen (secondary N) is 2. The normalized spacial score (nSPS) is 12.9. The van der Waals surface area contributed by atoms with Crippen LogP contribution in [0.2, 0.25) is 0 Å². The molecule has 0 atom stereocenters. The van der Waals surface area contributed by atoms with Gasteiger partial charge in [-0.05, 0) is 41.3 Å². The van der Waals surface area contributed by atoms with Crippen molar-refractivity contribution in [2.45, 2.75) is 20.0 Å². The Hall–Kier alpha value is -4.23. The molecule has 3 N–H and O–H groups in total. The van der Waals surface area contributed by atoms with E-state index in [-0.39, 0.29) is 11.5 Å². The number of benzene rings is 3. The van der Waals surface area contributed by atoms with Crippen LogP contribution in [0.25, 0.3) is 44.9 Å². The van der Waals surface area contributed by atoms with E-state index in [4.69, 9.17) is 4.98 Å². The second-order valence-corrected chi connectivity index (χ2v) is 8.71. The van der Waals surface area contributed by atoms with Gasteiger partial charge >= 0.3 is 0 Å². The number of hydrogen-bond acceptors (Lipinski definition) is 5. The monoisotopic (exact) mass is 449 g/mol. The quantitative estimate of drug-likeness (QED) is 0.342. The summed E-state index contributed by atoms with van der Waals surface area (Å²) in [6.07, 6.45) is 0. The van der Waals surface area contributed by atoms with Gasteiger partial charge < -0.3 is 15.4 Å². The minimum absolute atomic E-state index is 0.0499. The highest BCUT2D eigenvalue weighted by Crippen LogP contribution is 2.38. The van der Waals surface area contributed by atoms with Crippen molar-refractivity contribution in [3.63, 3.8) is 0 Å². The number of aryl methyl sites for hydroxylation is 1. The number of carbonyl (C=O) groups is 1. The van der Waals surface area contributed by atoms with Crippen molar-refractivity contribution >= 4 is 16.8 Å². The van der Waals surface area contributed by atoms with Crippen molar-refractivity contribution in [3.05, 3.63) is 77.4 Å². The molecule has 0 unspecified atom stereocenters. The van der Waals surface area contributed by atoms with E-state index in [1.54, 1.807) is 18.7 Å². The van der Waals surface area contributed by atoms with Crippen LogP contribution in [0.1, 0.15) is 28.4 Å². The number of H-pyrrole nitrogens is 1. The van der Waals surface area contributed by atoms with Crippen molar-refractivity contribution in [3.8, 4) is 39.7 Å². The molecule has 1 aliphatic heterocycles. The zero-order valence-electron chi connectivity index (χ0n) is 18.9.